The van der Waals surface area contributed by atoms with Crippen LogP contribution in [-0.4, -0.2) is 21.4 Å². The zero-order valence-corrected chi connectivity index (χ0v) is 5.83. The van der Waals surface area contributed by atoms with Gasteiger partial charge in [-0.1, -0.05) is 0 Å². The normalized spacial score (nSPS) is 9.80. The number of imidazole rings is 1. The van der Waals surface area contributed by atoms with Crippen molar-refractivity contribution < 1.29 is 5.11 Å². The minimum atomic E-state index is -0.292. The van der Waals surface area contributed by atoms with Gasteiger partial charge in [0.25, 0.3) is 0 Å². The predicted molar refractivity (Wildman–Crippen MR) is 36.6 cm³/mol. The first kappa shape index (κ1) is 6.73. The highest BCUT2D eigenvalue weighted by atomic mass is 16.3. The van der Waals surface area contributed by atoms with Crippen molar-refractivity contribution in [1.82, 2.24) is 9.24 Å². The average Bonchev–Trinajstić information content (AvgIpc) is 2.17. The summed E-state index contributed by atoms with van der Waals surface area (Å²) in [6.07, 6.45) is 1.31. The third-order valence-corrected chi connectivity index (χ3v) is 1.32. The van der Waals surface area contributed by atoms with Gasteiger partial charge in [-0.2, -0.15) is 0 Å². The largest absolute Gasteiger partial charge is 0.493 e. The molecule has 5 nitrogen and oxygen atoms in total. The second-order valence-corrected chi connectivity index (χ2v) is 1.92. The molecule has 1 rings (SSSR count). The second-order valence-electron chi connectivity index (χ2n) is 1.92. The second kappa shape index (κ2) is 2.09. The molecule has 0 aliphatic carbocycles. The van der Waals surface area contributed by atoms with Gasteiger partial charge < -0.3 is 10.5 Å². The van der Waals surface area contributed by atoms with Gasteiger partial charge in [0.1, 0.15) is 0 Å². The van der Waals surface area contributed by atoms with Crippen molar-refractivity contribution >= 4 is 0 Å². The van der Waals surface area contributed by atoms with E-state index in [4.69, 9.17) is 5.11 Å². The van der Waals surface area contributed by atoms with E-state index >= 15 is 0 Å². The van der Waals surface area contributed by atoms with Crippen molar-refractivity contribution in [2.24, 2.45) is 7.05 Å². The van der Waals surface area contributed by atoms with Gasteiger partial charge in [-0.3, -0.25) is 4.57 Å². The molecule has 0 amide bonds. The van der Waals surface area contributed by atoms with Crippen LogP contribution in [0.3, 0.4) is 0 Å². The van der Waals surface area contributed by atoms with Gasteiger partial charge >= 0.3 is 5.69 Å². The van der Waals surface area contributed by atoms with Crippen LogP contribution in [0.2, 0.25) is 0 Å². The topological polar surface area (TPSA) is 59.2 Å². The zero-order valence-electron chi connectivity index (χ0n) is 5.83. The van der Waals surface area contributed by atoms with Crippen molar-refractivity contribution in [3.63, 3.8) is 0 Å². The molecule has 1 aromatic rings. The van der Waals surface area contributed by atoms with E-state index in [1.54, 1.807) is 7.05 Å². The zero-order chi connectivity index (χ0) is 7.72. The number of hydrogen-bond donors (Lipinski definition) is 2. The highest BCUT2D eigenvalue weighted by Crippen LogP contribution is 1.99. The summed E-state index contributed by atoms with van der Waals surface area (Å²) in [7, 11) is 3.09. The summed E-state index contributed by atoms with van der Waals surface area (Å²) in [5.41, 5.74) is 2.29. The lowest BCUT2D eigenvalue weighted by atomic mass is 10.8. The van der Waals surface area contributed by atoms with Crippen molar-refractivity contribution in [1.29, 1.82) is 0 Å². The van der Waals surface area contributed by atoms with Crippen LogP contribution in [0, 0.1) is 0 Å². The van der Waals surface area contributed by atoms with Crippen LogP contribution in [-0.2, 0) is 7.05 Å². The van der Waals surface area contributed by atoms with E-state index in [0.29, 0.717) is 0 Å². The van der Waals surface area contributed by atoms with Gasteiger partial charge in [0.2, 0.25) is 5.88 Å². The first-order valence-electron chi connectivity index (χ1n) is 2.82. The van der Waals surface area contributed by atoms with E-state index in [2.05, 4.69) is 5.43 Å². The molecule has 0 unspecified atom stereocenters. The van der Waals surface area contributed by atoms with Gasteiger partial charge in [-0.05, 0) is 0 Å². The Labute approximate surface area is 57.5 Å². The lowest BCUT2D eigenvalue weighted by Gasteiger charge is -1.93. The van der Waals surface area contributed by atoms with E-state index in [9.17, 15) is 4.79 Å². The Hall–Kier alpha value is -1.39. The molecule has 1 aromatic heterocycles. The van der Waals surface area contributed by atoms with Crippen molar-refractivity contribution in [2.45, 2.75) is 0 Å². The molecule has 0 atom stereocenters. The molecular formula is C5H9N3O2. The standard InChI is InChI=1S/C5H9N3O2/c1-6-8-3-4(9)7(2)5(8)10/h3,6,9H,1-2H3. The Morgan fingerprint density at radius 1 is 1.70 bits per heavy atom. The van der Waals surface area contributed by atoms with E-state index < -0.39 is 0 Å². The van der Waals surface area contributed by atoms with Gasteiger partial charge in [-0.15, -0.1) is 0 Å². The Morgan fingerprint density at radius 3 is 2.50 bits per heavy atom. The smallest absolute Gasteiger partial charge is 0.349 e. The van der Waals surface area contributed by atoms with Crippen molar-refractivity contribution in [3.05, 3.63) is 16.7 Å². The third kappa shape index (κ3) is 0.754. The maximum atomic E-state index is 10.9. The van der Waals surface area contributed by atoms with Crippen LogP contribution >= 0.6 is 0 Å². The van der Waals surface area contributed by atoms with E-state index in [1.165, 1.54) is 17.9 Å². The minimum Gasteiger partial charge on any atom is -0.493 e. The summed E-state index contributed by atoms with van der Waals surface area (Å²) in [6.45, 7) is 0. The Bertz CT molecular complexity index is 286. The quantitative estimate of drug-likeness (QED) is 0.533. The van der Waals surface area contributed by atoms with Crippen LogP contribution in [0.1, 0.15) is 0 Å². The molecule has 0 radical (unpaired) electrons. The molecular weight excluding hydrogens is 134 g/mol. The Kier molecular flexibility index (Phi) is 1.41. The van der Waals surface area contributed by atoms with E-state index in [1.807, 2.05) is 0 Å². The van der Waals surface area contributed by atoms with Gasteiger partial charge in [0, 0.05) is 14.1 Å². The van der Waals surface area contributed by atoms with Crippen molar-refractivity contribution in [3.8, 4) is 5.88 Å². The van der Waals surface area contributed by atoms with Crippen LogP contribution in [0.15, 0.2) is 11.0 Å². The molecule has 0 saturated carbocycles. The van der Waals surface area contributed by atoms with Crippen molar-refractivity contribution in [2.75, 3.05) is 12.5 Å². The molecule has 2 N–H and O–H groups in total. The average molecular weight is 143 g/mol. The van der Waals surface area contributed by atoms with Gasteiger partial charge in [-0.25, -0.2) is 9.47 Å². The van der Waals surface area contributed by atoms with Crippen LogP contribution in [0.25, 0.3) is 0 Å². The van der Waals surface area contributed by atoms with E-state index in [-0.39, 0.29) is 11.6 Å². The highest BCUT2D eigenvalue weighted by molar-refractivity contribution is 5.04. The number of hydrogen-bond acceptors (Lipinski definition) is 3. The molecule has 0 bridgehead atoms. The highest BCUT2D eigenvalue weighted by Gasteiger charge is 2.02. The Morgan fingerprint density at radius 2 is 2.30 bits per heavy atom. The minimum absolute atomic E-state index is 0.0562. The molecule has 0 aliphatic rings. The van der Waals surface area contributed by atoms with E-state index in [0.717, 1.165) is 4.57 Å². The summed E-state index contributed by atoms with van der Waals surface area (Å²) in [4.78, 5) is 10.9. The Balaban J connectivity index is 3.31. The number of nitrogens with zero attached hydrogens (tertiary/aromatic N) is 2. The molecule has 10 heavy (non-hydrogen) atoms. The summed E-state index contributed by atoms with van der Waals surface area (Å²) < 4.78 is 2.33. The first-order valence-corrected chi connectivity index (χ1v) is 2.82. The maximum absolute atomic E-state index is 10.9. The fourth-order valence-corrected chi connectivity index (χ4v) is 0.677. The molecule has 0 fully saturated rings. The predicted octanol–water partition coefficient (Wildman–Crippen LogP) is -0.934. The number of aromatic nitrogens is 2. The number of rotatable bonds is 1. The summed E-state index contributed by atoms with van der Waals surface area (Å²) in [5, 5.41) is 8.95. The third-order valence-electron chi connectivity index (χ3n) is 1.32. The summed E-state index contributed by atoms with van der Waals surface area (Å²) in [6, 6.07) is 0. The van der Waals surface area contributed by atoms with Crippen LogP contribution < -0.4 is 11.1 Å². The summed E-state index contributed by atoms with van der Waals surface area (Å²) in [5.74, 6) is -0.0562. The molecule has 1 heterocycles. The van der Waals surface area contributed by atoms with Crippen LogP contribution in [0.5, 0.6) is 5.88 Å². The lowest BCUT2D eigenvalue weighted by molar-refractivity contribution is 0.429. The summed E-state index contributed by atoms with van der Waals surface area (Å²) >= 11 is 0. The fourth-order valence-electron chi connectivity index (χ4n) is 0.677. The molecule has 0 aromatic carbocycles. The molecule has 0 saturated heterocycles. The molecule has 5 heteroatoms. The lowest BCUT2D eigenvalue weighted by Crippen LogP contribution is -2.26. The SMILES string of the molecule is CNn1cc(O)n(C)c1=O. The number of nitrogens with one attached hydrogen (secondary N) is 1. The molecule has 0 spiro atoms. The molecule has 56 valence electrons. The van der Waals surface area contributed by atoms with Crippen LogP contribution in [0.4, 0.5) is 0 Å². The molecule has 0 aliphatic heterocycles. The number of aromatic hydroxyl groups is 1. The first-order chi connectivity index (χ1) is 4.66. The fraction of sp³-hybridized carbons (Fsp3) is 0.400. The maximum Gasteiger partial charge on any atom is 0.349 e. The van der Waals surface area contributed by atoms with Gasteiger partial charge in [0.15, 0.2) is 0 Å². The monoisotopic (exact) mass is 143 g/mol. The van der Waals surface area contributed by atoms with Gasteiger partial charge in [0.05, 0.1) is 6.20 Å².